The molecule has 0 saturated heterocycles. The molecule has 0 aliphatic carbocycles. The van der Waals surface area contributed by atoms with Crippen LogP contribution in [0.15, 0.2) is 221 Å². The minimum atomic E-state index is 0.770. The van der Waals surface area contributed by atoms with Crippen molar-refractivity contribution in [1.29, 1.82) is 0 Å². The van der Waals surface area contributed by atoms with Gasteiger partial charge in [0.15, 0.2) is 11.2 Å². The van der Waals surface area contributed by atoms with E-state index in [4.69, 9.17) is 8.83 Å². The van der Waals surface area contributed by atoms with Gasteiger partial charge in [-0.3, -0.25) is 0 Å². The molecule has 13 rings (SSSR count). The SMILES string of the molecule is Cc1cccc(C)c1N(c1cccc(-c2ccccc2)c1)c1ccc2cc3c(cc2c1)oc1c3cc(C)c2c3cc4ccc(N(c5cccc(-c6ccccc6)c5)c5c(C)cccc5C)cc4cc3oc12. The highest BCUT2D eigenvalue weighted by Crippen LogP contribution is 2.46. The molecule has 0 aliphatic heterocycles. The maximum Gasteiger partial charge on any atom is 0.178 e. The summed E-state index contributed by atoms with van der Waals surface area (Å²) in [6.45, 7) is 11.0. The van der Waals surface area contributed by atoms with Crippen molar-refractivity contribution in [1.82, 2.24) is 0 Å². The fourth-order valence-corrected chi connectivity index (χ4v) is 11.1. The quantitative estimate of drug-likeness (QED) is 0.152. The van der Waals surface area contributed by atoms with Crippen molar-refractivity contribution in [2.24, 2.45) is 0 Å². The van der Waals surface area contributed by atoms with Gasteiger partial charge in [-0.1, -0.05) is 133 Å². The van der Waals surface area contributed by atoms with Crippen LogP contribution in [0, 0.1) is 34.6 Å². The maximum absolute atomic E-state index is 6.95. The largest absolute Gasteiger partial charge is 0.452 e. The molecule has 2 heterocycles. The van der Waals surface area contributed by atoms with Crippen molar-refractivity contribution >= 4 is 99.5 Å². The molecule has 0 amide bonds. The molecule has 2 aromatic heterocycles. The Bertz CT molecular complexity index is 4200. The van der Waals surface area contributed by atoms with Crippen LogP contribution in [0.25, 0.3) is 87.7 Å². The smallest absolute Gasteiger partial charge is 0.178 e. The predicted molar refractivity (Wildman–Crippen MR) is 300 cm³/mol. The number of hydrogen-bond donors (Lipinski definition) is 0. The summed E-state index contributed by atoms with van der Waals surface area (Å²) in [4.78, 5) is 4.80. The van der Waals surface area contributed by atoms with Gasteiger partial charge in [0.05, 0.1) is 11.4 Å². The summed E-state index contributed by atoms with van der Waals surface area (Å²) in [7, 11) is 0. The molecule has 0 spiro atoms. The van der Waals surface area contributed by atoms with Gasteiger partial charge in [0, 0.05) is 44.3 Å². The first-order valence-electron chi connectivity index (χ1n) is 24.5. The highest BCUT2D eigenvalue weighted by molar-refractivity contribution is 6.22. The third-order valence-corrected chi connectivity index (χ3v) is 14.5. The second-order valence-electron chi connectivity index (χ2n) is 19.2. The van der Waals surface area contributed by atoms with Crippen molar-refractivity contribution in [3.05, 3.63) is 240 Å². The van der Waals surface area contributed by atoms with E-state index in [1.807, 2.05) is 0 Å². The molecule has 11 aromatic carbocycles. The third-order valence-electron chi connectivity index (χ3n) is 14.5. The van der Waals surface area contributed by atoms with Gasteiger partial charge in [-0.05, 0) is 185 Å². The van der Waals surface area contributed by atoms with Gasteiger partial charge in [0.2, 0.25) is 0 Å². The molecule has 4 heteroatoms. The first-order valence-corrected chi connectivity index (χ1v) is 24.5. The number of benzene rings is 11. The van der Waals surface area contributed by atoms with E-state index in [0.717, 1.165) is 93.7 Å². The lowest BCUT2D eigenvalue weighted by atomic mass is 9.99. The summed E-state index contributed by atoms with van der Waals surface area (Å²) in [6, 6.07) is 76.8. The summed E-state index contributed by atoms with van der Waals surface area (Å²) in [5.74, 6) is 0. The van der Waals surface area contributed by atoms with Gasteiger partial charge >= 0.3 is 0 Å². The average molecular weight is 915 g/mol. The van der Waals surface area contributed by atoms with E-state index >= 15 is 0 Å². The number of hydrogen-bond acceptors (Lipinski definition) is 4. The zero-order valence-electron chi connectivity index (χ0n) is 40.4. The Balaban J connectivity index is 0.933. The molecule has 340 valence electrons. The summed E-state index contributed by atoms with van der Waals surface area (Å²) in [5, 5.41) is 8.80. The highest BCUT2D eigenvalue weighted by Gasteiger charge is 2.23. The Morgan fingerprint density at radius 3 is 1.21 bits per heavy atom. The van der Waals surface area contributed by atoms with Crippen molar-refractivity contribution in [2.45, 2.75) is 34.6 Å². The van der Waals surface area contributed by atoms with Crippen LogP contribution in [0.4, 0.5) is 34.1 Å². The van der Waals surface area contributed by atoms with Crippen LogP contribution in [-0.4, -0.2) is 0 Å². The monoisotopic (exact) mass is 914 g/mol. The minimum Gasteiger partial charge on any atom is -0.452 e. The summed E-state index contributed by atoms with van der Waals surface area (Å²) >= 11 is 0. The van der Waals surface area contributed by atoms with E-state index < -0.39 is 0 Å². The Labute approximate surface area is 413 Å². The molecule has 0 aliphatic rings. The van der Waals surface area contributed by atoms with Crippen LogP contribution in [0.5, 0.6) is 0 Å². The zero-order valence-corrected chi connectivity index (χ0v) is 40.4. The van der Waals surface area contributed by atoms with Crippen molar-refractivity contribution in [3.63, 3.8) is 0 Å². The predicted octanol–water partition coefficient (Wildman–Crippen LogP) is 19.6. The van der Waals surface area contributed by atoms with E-state index in [-0.39, 0.29) is 0 Å². The molecule has 0 saturated carbocycles. The van der Waals surface area contributed by atoms with E-state index in [1.54, 1.807) is 0 Å². The number of furan rings is 2. The lowest BCUT2D eigenvalue weighted by Crippen LogP contribution is -2.13. The lowest BCUT2D eigenvalue weighted by molar-refractivity contribution is 0.633. The molecule has 0 fully saturated rings. The second-order valence-corrected chi connectivity index (χ2v) is 19.2. The van der Waals surface area contributed by atoms with E-state index in [1.165, 1.54) is 55.9 Å². The number of fused-ring (bicyclic) bond motifs is 9. The fourth-order valence-electron chi connectivity index (χ4n) is 11.1. The highest BCUT2D eigenvalue weighted by atomic mass is 16.4. The lowest BCUT2D eigenvalue weighted by Gasteiger charge is -2.29. The first-order chi connectivity index (χ1) is 34.7. The zero-order chi connectivity index (χ0) is 47.9. The number of rotatable bonds is 8. The fraction of sp³-hybridized carbons (Fsp3) is 0.0746. The molecular weight excluding hydrogens is 865 g/mol. The van der Waals surface area contributed by atoms with Crippen molar-refractivity contribution < 1.29 is 8.83 Å². The topological polar surface area (TPSA) is 32.8 Å². The molecule has 0 atom stereocenters. The van der Waals surface area contributed by atoms with Crippen molar-refractivity contribution in [2.75, 3.05) is 9.80 Å². The number of nitrogens with zero attached hydrogens (tertiary/aromatic N) is 2. The molecule has 71 heavy (non-hydrogen) atoms. The number of anilines is 6. The second kappa shape index (κ2) is 16.7. The Morgan fingerprint density at radius 2 is 0.704 bits per heavy atom. The summed E-state index contributed by atoms with van der Waals surface area (Å²) in [5.41, 5.74) is 20.7. The van der Waals surface area contributed by atoms with Gasteiger partial charge in [0.25, 0.3) is 0 Å². The van der Waals surface area contributed by atoms with Crippen LogP contribution >= 0.6 is 0 Å². The van der Waals surface area contributed by atoms with Crippen molar-refractivity contribution in [3.8, 4) is 22.3 Å². The standard InChI is InChI=1S/C67H50N2O2/c1-41-16-12-17-42(2)64(41)68(54-26-14-24-48(33-54)46-20-8-6-9-21-46)56-30-28-50-37-58-59-32-45(5)63-60-38-51-29-31-57(36-53(51)40-62(60)71-67(63)66(59)70-61(58)39-52(50)35-56)69(65-43(3)18-13-19-44(65)4)55-27-15-25-49(34-55)47-22-10-7-11-23-47/h6-40H,1-5H3. The van der Waals surface area contributed by atoms with Crippen LogP contribution in [-0.2, 0) is 0 Å². The third kappa shape index (κ3) is 7.13. The molecule has 4 nitrogen and oxygen atoms in total. The summed E-state index contributed by atoms with van der Waals surface area (Å²) < 4.78 is 13.9. The van der Waals surface area contributed by atoms with Crippen LogP contribution in [0.1, 0.15) is 27.8 Å². The molecule has 0 unspecified atom stereocenters. The van der Waals surface area contributed by atoms with Crippen LogP contribution < -0.4 is 9.80 Å². The Hall–Kier alpha value is -8.86. The minimum absolute atomic E-state index is 0.770. The van der Waals surface area contributed by atoms with E-state index in [9.17, 15) is 0 Å². The van der Waals surface area contributed by atoms with Gasteiger partial charge in [0.1, 0.15) is 11.2 Å². The Morgan fingerprint density at radius 1 is 0.282 bits per heavy atom. The first kappa shape index (κ1) is 42.3. The molecule has 0 N–H and O–H groups in total. The molecule has 13 aromatic rings. The molecule has 0 bridgehead atoms. The van der Waals surface area contributed by atoms with Crippen LogP contribution in [0.2, 0.25) is 0 Å². The number of aryl methyl sites for hydroxylation is 5. The van der Waals surface area contributed by atoms with Gasteiger partial charge in [-0.15, -0.1) is 0 Å². The molecule has 0 radical (unpaired) electrons. The van der Waals surface area contributed by atoms with Gasteiger partial charge in [-0.2, -0.15) is 0 Å². The summed E-state index contributed by atoms with van der Waals surface area (Å²) in [6.07, 6.45) is 0. The van der Waals surface area contributed by atoms with Gasteiger partial charge in [-0.25, -0.2) is 0 Å². The van der Waals surface area contributed by atoms with E-state index in [0.29, 0.717) is 0 Å². The van der Waals surface area contributed by atoms with Crippen LogP contribution in [0.3, 0.4) is 0 Å². The normalized spacial score (nSPS) is 11.7. The van der Waals surface area contributed by atoms with E-state index in [2.05, 4.69) is 257 Å². The molecular formula is C67H50N2O2. The maximum atomic E-state index is 6.95. The Kier molecular flexibility index (Phi) is 9.93. The number of para-hydroxylation sites is 2. The average Bonchev–Trinajstić information content (AvgIpc) is 3.95. The van der Waals surface area contributed by atoms with Gasteiger partial charge < -0.3 is 18.6 Å².